The third-order valence-electron chi connectivity index (χ3n) is 10.6. The first-order valence-electron chi connectivity index (χ1n) is 18.7. The summed E-state index contributed by atoms with van der Waals surface area (Å²) in [5.74, 6) is 1.98. The van der Waals surface area contributed by atoms with E-state index in [9.17, 15) is 0 Å². The molecule has 0 aliphatic carbocycles. The Bertz CT molecular complexity index is 3220. The fourth-order valence-electron chi connectivity index (χ4n) is 7.84. The smallest absolute Gasteiger partial charge is 0.165 e. The van der Waals surface area contributed by atoms with Gasteiger partial charge >= 0.3 is 0 Å². The molecule has 0 bridgehead atoms. The normalized spacial score (nSPS) is 11.6. The van der Waals surface area contributed by atoms with Gasteiger partial charge in [-0.2, -0.15) is 0 Å². The highest BCUT2D eigenvalue weighted by atomic mass is 32.1. The first-order chi connectivity index (χ1) is 27.7. The van der Waals surface area contributed by atoms with Gasteiger partial charge in [0, 0.05) is 57.0 Å². The minimum atomic E-state index is 0.653. The van der Waals surface area contributed by atoms with Crippen LogP contribution in [0.2, 0.25) is 0 Å². The van der Waals surface area contributed by atoms with Crippen LogP contribution >= 0.6 is 22.7 Å². The number of hydrogen-bond donors (Lipinski definition) is 0. The third kappa shape index (κ3) is 5.60. The molecular formula is C51H31N3S2. The largest absolute Gasteiger partial charge is 0.208 e. The molecule has 0 N–H and O–H groups in total. The monoisotopic (exact) mass is 749 g/mol. The van der Waals surface area contributed by atoms with Crippen LogP contribution in [0.4, 0.5) is 0 Å². The van der Waals surface area contributed by atoms with Gasteiger partial charge in [-0.15, -0.1) is 22.7 Å². The van der Waals surface area contributed by atoms with Gasteiger partial charge in [-0.25, -0.2) is 15.0 Å². The van der Waals surface area contributed by atoms with Crippen molar-refractivity contribution >= 4 is 63.0 Å². The summed E-state index contributed by atoms with van der Waals surface area (Å²) >= 11 is 3.69. The SMILES string of the molecule is c1ccc(-c2ccc(-c3nc(-c4ccccc4)nc(-c4cccc5c4sc4cc(-c6ccc(-c7ccccc7)c7c6sc6ccccc67)ccc45)n3)cc2)cc1. The molecule has 3 aromatic heterocycles. The zero-order valence-electron chi connectivity index (χ0n) is 30.1. The van der Waals surface area contributed by atoms with E-state index in [1.54, 1.807) is 0 Å². The molecular weight excluding hydrogens is 719 g/mol. The predicted octanol–water partition coefficient (Wildman–Crippen LogP) is 14.6. The molecule has 0 atom stereocenters. The molecule has 0 unspecified atom stereocenters. The Balaban J connectivity index is 1.05. The second kappa shape index (κ2) is 13.5. The van der Waals surface area contributed by atoms with Gasteiger partial charge < -0.3 is 0 Å². The average molecular weight is 750 g/mol. The second-order valence-corrected chi connectivity index (χ2v) is 16.0. The van der Waals surface area contributed by atoms with Crippen LogP contribution in [0, 0.1) is 0 Å². The Morgan fingerprint density at radius 2 is 0.821 bits per heavy atom. The van der Waals surface area contributed by atoms with Crippen LogP contribution in [-0.4, -0.2) is 15.0 Å². The standard InChI is InChI=1S/C51H31N3S2/c1-4-13-32(14-5-1)33-23-25-36(26-24-33)50-52-49(35-17-8-3-9-18-35)53-51(54-50)43-21-12-20-41-40-28-27-37(31-45(40)56-47(41)43)39-30-29-38(34-15-6-2-7-16-34)46-42-19-10-11-22-44(42)55-48(39)46/h1-31H. The fraction of sp³-hybridized carbons (Fsp3) is 0. The van der Waals surface area contributed by atoms with E-state index in [2.05, 4.69) is 164 Å². The van der Waals surface area contributed by atoms with Crippen molar-refractivity contribution in [3.8, 4) is 67.5 Å². The van der Waals surface area contributed by atoms with Crippen molar-refractivity contribution in [2.24, 2.45) is 0 Å². The molecule has 11 rings (SSSR count). The van der Waals surface area contributed by atoms with Gasteiger partial charge in [-0.05, 0) is 51.6 Å². The highest BCUT2D eigenvalue weighted by Gasteiger charge is 2.19. The third-order valence-corrected chi connectivity index (χ3v) is 13.0. The van der Waals surface area contributed by atoms with Gasteiger partial charge in [0.25, 0.3) is 0 Å². The van der Waals surface area contributed by atoms with E-state index in [4.69, 9.17) is 15.0 Å². The molecule has 0 saturated heterocycles. The van der Waals surface area contributed by atoms with Gasteiger partial charge in [0.15, 0.2) is 17.5 Å². The van der Waals surface area contributed by atoms with E-state index in [0.717, 1.165) is 22.3 Å². The molecule has 0 fully saturated rings. The number of benzene rings is 8. The minimum absolute atomic E-state index is 0.653. The summed E-state index contributed by atoms with van der Waals surface area (Å²) in [6.07, 6.45) is 0. The van der Waals surface area contributed by atoms with Crippen LogP contribution < -0.4 is 0 Å². The minimum Gasteiger partial charge on any atom is -0.208 e. The summed E-state index contributed by atoms with van der Waals surface area (Å²) in [4.78, 5) is 15.3. The van der Waals surface area contributed by atoms with Crippen LogP contribution in [0.5, 0.6) is 0 Å². The van der Waals surface area contributed by atoms with Crippen molar-refractivity contribution in [2.75, 3.05) is 0 Å². The van der Waals surface area contributed by atoms with E-state index in [0.29, 0.717) is 17.5 Å². The zero-order valence-corrected chi connectivity index (χ0v) is 31.7. The summed E-state index contributed by atoms with van der Waals surface area (Å²) < 4.78 is 5.03. The molecule has 0 amide bonds. The van der Waals surface area contributed by atoms with Crippen LogP contribution in [0.3, 0.4) is 0 Å². The summed E-state index contributed by atoms with van der Waals surface area (Å²) in [5.41, 5.74) is 10.2. The molecule has 8 aromatic carbocycles. The van der Waals surface area contributed by atoms with Crippen molar-refractivity contribution in [3.63, 3.8) is 0 Å². The topological polar surface area (TPSA) is 38.7 Å². The van der Waals surface area contributed by atoms with Gasteiger partial charge in [-0.1, -0.05) is 170 Å². The number of rotatable bonds is 6. The van der Waals surface area contributed by atoms with Crippen LogP contribution in [-0.2, 0) is 0 Å². The number of hydrogen-bond acceptors (Lipinski definition) is 5. The van der Waals surface area contributed by atoms with E-state index in [1.165, 1.54) is 68.2 Å². The number of fused-ring (bicyclic) bond motifs is 6. The molecule has 3 heterocycles. The molecule has 3 nitrogen and oxygen atoms in total. The number of thiophene rings is 2. The van der Waals surface area contributed by atoms with Crippen molar-refractivity contribution in [3.05, 3.63) is 188 Å². The first kappa shape index (κ1) is 32.6. The van der Waals surface area contributed by atoms with Crippen LogP contribution in [0.1, 0.15) is 0 Å². The Morgan fingerprint density at radius 1 is 0.286 bits per heavy atom. The van der Waals surface area contributed by atoms with Gasteiger partial charge in [-0.3, -0.25) is 0 Å². The van der Waals surface area contributed by atoms with Gasteiger partial charge in [0.05, 0.1) is 0 Å². The highest BCUT2D eigenvalue weighted by Crippen LogP contribution is 2.47. The van der Waals surface area contributed by atoms with Crippen LogP contribution in [0.25, 0.3) is 108 Å². The van der Waals surface area contributed by atoms with Crippen LogP contribution in [0.15, 0.2) is 188 Å². The Hall–Kier alpha value is -6.79. The molecule has 56 heavy (non-hydrogen) atoms. The lowest BCUT2D eigenvalue weighted by atomic mass is 9.94. The maximum atomic E-state index is 5.16. The summed E-state index contributed by atoms with van der Waals surface area (Å²) in [7, 11) is 0. The maximum absolute atomic E-state index is 5.16. The molecule has 5 heteroatoms. The summed E-state index contributed by atoms with van der Waals surface area (Å²) in [6, 6.07) is 66.7. The van der Waals surface area contributed by atoms with Crippen molar-refractivity contribution in [1.82, 2.24) is 15.0 Å². The van der Waals surface area contributed by atoms with E-state index >= 15 is 0 Å². The van der Waals surface area contributed by atoms with Gasteiger partial charge in [0.2, 0.25) is 0 Å². The second-order valence-electron chi connectivity index (χ2n) is 13.9. The molecule has 0 radical (unpaired) electrons. The number of aromatic nitrogens is 3. The average Bonchev–Trinajstić information content (AvgIpc) is 3.86. The van der Waals surface area contributed by atoms with Gasteiger partial charge in [0.1, 0.15) is 0 Å². The molecule has 0 saturated carbocycles. The van der Waals surface area contributed by atoms with E-state index in [-0.39, 0.29) is 0 Å². The van der Waals surface area contributed by atoms with E-state index in [1.807, 2.05) is 46.9 Å². The van der Waals surface area contributed by atoms with Crippen molar-refractivity contribution in [2.45, 2.75) is 0 Å². The maximum Gasteiger partial charge on any atom is 0.165 e. The lowest BCUT2D eigenvalue weighted by Gasteiger charge is -2.10. The quantitative estimate of drug-likeness (QED) is 0.170. The summed E-state index contributed by atoms with van der Waals surface area (Å²) in [5, 5.41) is 5.07. The summed E-state index contributed by atoms with van der Waals surface area (Å²) in [6.45, 7) is 0. The van der Waals surface area contributed by atoms with E-state index < -0.39 is 0 Å². The van der Waals surface area contributed by atoms with Crippen molar-refractivity contribution in [1.29, 1.82) is 0 Å². The molecule has 0 aliphatic rings. The molecule has 262 valence electrons. The molecule has 0 spiro atoms. The Labute approximate surface area is 331 Å². The first-order valence-corrected chi connectivity index (χ1v) is 20.3. The predicted molar refractivity (Wildman–Crippen MR) is 238 cm³/mol. The fourth-order valence-corrected chi connectivity index (χ4v) is 10.4. The zero-order chi connectivity index (χ0) is 37.0. The van der Waals surface area contributed by atoms with Crippen molar-refractivity contribution < 1.29 is 0 Å². The molecule has 0 aliphatic heterocycles. The Kier molecular flexibility index (Phi) is 7.87. The Morgan fingerprint density at radius 3 is 1.57 bits per heavy atom. The molecule has 11 aromatic rings. The lowest BCUT2D eigenvalue weighted by Crippen LogP contribution is -2.00. The number of nitrogens with zero attached hydrogens (tertiary/aromatic N) is 3. The lowest BCUT2D eigenvalue weighted by molar-refractivity contribution is 1.08. The highest BCUT2D eigenvalue weighted by molar-refractivity contribution is 7.27.